The third-order valence-electron chi connectivity index (χ3n) is 6.17. The molecule has 1 saturated heterocycles. The van der Waals surface area contributed by atoms with Crippen molar-refractivity contribution in [3.8, 4) is 0 Å². The SMILES string of the molecule is CCCNC(=O)CN1CCC(NC(=NCC2(C(=O)N(C)C)CCCC2)NCC)CC1. The summed E-state index contributed by atoms with van der Waals surface area (Å²) in [6.07, 6.45) is 6.97. The van der Waals surface area contributed by atoms with Gasteiger partial charge in [-0.25, -0.2) is 0 Å². The van der Waals surface area contributed by atoms with Gasteiger partial charge in [-0.15, -0.1) is 0 Å². The molecule has 1 aliphatic heterocycles. The zero-order valence-corrected chi connectivity index (χ0v) is 19.4. The molecule has 0 aromatic carbocycles. The molecule has 1 heterocycles. The number of aliphatic imine (C=N–C) groups is 1. The second-order valence-electron chi connectivity index (χ2n) is 8.93. The summed E-state index contributed by atoms with van der Waals surface area (Å²) in [5.74, 6) is 1.12. The molecule has 8 heteroatoms. The monoisotopic (exact) mass is 422 g/mol. The van der Waals surface area contributed by atoms with E-state index in [2.05, 4.69) is 34.7 Å². The summed E-state index contributed by atoms with van der Waals surface area (Å²) < 4.78 is 0. The van der Waals surface area contributed by atoms with Crippen LogP contribution in [-0.4, -0.2) is 87.0 Å². The normalized spacial score (nSPS) is 20.1. The average molecular weight is 423 g/mol. The first-order chi connectivity index (χ1) is 14.4. The number of amides is 2. The van der Waals surface area contributed by atoms with Crippen molar-refractivity contribution in [2.75, 3.05) is 53.4 Å². The van der Waals surface area contributed by atoms with E-state index in [1.807, 2.05) is 14.1 Å². The molecule has 0 aromatic heterocycles. The predicted molar refractivity (Wildman–Crippen MR) is 121 cm³/mol. The molecule has 0 aromatic rings. The molecule has 2 fully saturated rings. The zero-order chi connectivity index (χ0) is 22.0. The number of hydrogen-bond donors (Lipinski definition) is 3. The second-order valence-corrected chi connectivity index (χ2v) is 8.93. The molecule has 0 atom stereocenters. The van der Waals surface area contributed by atoms with Gasteiger partial charge < -0.3 is 20.9 Å². The maximum atomic E-state index is 12.8. The van der Waals surface area contributed by atoms with Crippen molar-refractivity contribution in [3.05, 3.63) is 0 Å². The third kappa shape index (κ3) is 7.15. The van der Waals surface area contributed by atoms with E-state index in [9.17, 15) is 9.59 Å². The van der Waals surface area contributed by atoms with Gasteiger partial charge in [0.1, 0.15) is 0 Å². The van der Waals surface area contributed by atoms with Crippen LogP contribution >= 0.6 is 0 Å². The molecular formula is C22H42N6O2. The van der Waals surface area contributed by atoms with Crippen LogP contribution in [-0.2, 0) is 9.59 Å². The predicted octanol–water partition coefficient (Wildman–Crippen LogP) is 1.18. The summed E-state index contributed by atoms with van der Waals surface area (Å²) in [6.45, 7) is 8.48. The first-order valence-electron chi connectivity index (χ1n) is 11.7. The van der Waals surface area contributed by atoms with Crippen LogP contribution in [0.2, 0.25) is 0 Å². The molecule has 0 bridgehead atoms. The molecule has 2 rings (SSSR count). The highest BCUT2D eigenvalue weighted by Crippen LogP contribution is 2.39. The fraction of sp³-hybridized carbons (Fsp3) is 0.864. The first kappa shape index (κ1) is 24.4. The number of carbonyl (C=O) groups is 2. The fourth-order valence-electron chi connectivity index (χ4n) is 4.47. The summed E-state index contributed by atoms with van der Waals surface area (Å²) >= 11 is 0. The van der Waals surface area contributed by atoms with Crippen LogP contribution in [0.3, 0.4) is 0 Å². The van der Waals surface area contributed by atoms with E-state index in [0.29, 0.717) is 19.1 Å². The van der Waals surface area contributed by atoms with Crippen molar-refractivity contribution < 1.29 is 9.59 Å². The Kier molecular flexibility index (Phi) is 9.88. The van der Waals surface area contributed by atoms with Gasteiger partial charge in [0, 0.05) is 46.3 Å². The molecule has 0 radical (unpaired) electrons. The van der Waals surface area contributed by atoms with Crippen LogP contribution in [0.15, 0.2) is 4.99 Å². The van der Waals surface area contributed by atoms with Crippen LogP contribution in [0.25, 0.3) is 0 Å². The van der Waals surface area contributed by atoms with Gasteiger partial charge in [-0.2, -0.15) is 0 Å². The number of rotatable bonds is 9. The van der Waals surface area contributed by atoms with E-state index in [-0.39, 0.29) is 17.2 Å². The number of guanidine groups is 1. The van der Waals surface area contributed by atoms with Gasteiger partial charge in [0.2, 0.25) is 11.8 Å². The average Bonchev–Trinajstić information content (AvgIpc) is 3.21. The summed E-state index contributed by atoms with van der Waals surface area (Å²) in [4.78, 5) is 33.5. The molecule has 3 N–H and O–H groups in total. The minimum absolute atomic E-state index is 0.116. The van der Waals surface area contributed by atoms with E-state index >= 15 is 0 Å². The van der Waals surface area contributed by atoms with Gasteiger partial charge in [-0.3, -0.25) is 19.5 Å². The van der Waals surface area contributed by atoms with Crippen molar-refractivity contribution in [3.63, 3.8) is 0 Å². The lowest BCUT2D eigenvalue weighted by molar-refractivity contribution is -0.138. The summed E-state index contributed by atoms with van der Waals surface area (Å²) in [7, 11) is 3.68. The number of nitrogens with one attached hydrogen (secondary N) is 3. The Morgan fingerprint density at radius 1 is 1.10 bits per heavy atom. The lowest BCUT2D eigenvalue weighted by Gasteiger charge is -2.33. The molecular weight excluding hydrogens is 380 g/mol. The number of hydrogen-bond acceptors (Lipinski definition) is 4. The largest absolute Gasteiger partial charge is 0.357 e. The van der Waals surface area contributed by atoms with Crippen LogP contribution in [0.1, 0.15) is 58.8 Å². The molecule has 2 aliphatic rings. The van der Waals surface area contributed by atoms with Gasteiger partial charge in [0.15, 0.2) is 5.96 Å². The minimum Gasteiger partial charge on any atom is -0.357 e. The summed E-state index contributed by atoms with van der Waals surface area (Å²) in [5.41, 5.74) is -0.346. The Hall–Kier alpha value is -1.83. The maximum absolute atomic E-state index is 12.8. The Morgan fingerprint density at radius 2 is 1.77 bits per heavy atom. The van der Waals surface area contributed by atoms with Crippen molar-refractivity contribution in [1.29, 1.82) is 0 Å². The van der Waals surface area contributed by atoms with Crippen molar-refractivity contribution in [2.24, 2.45) is 10.4 Å². The van der Waals surface area contributed by atoms with Crippen LogP contribution in [0.5, 0.6) is 0 Å². The van der Waals surface area contributed by atoms with Crippen molar-refractivity contribution in [1.82, 2.24) is 25.8 Å². The standard InChI is InChI=1S/C22H42N6O2/c1-5-13-24-19(29)16-28-14-9-18(10-15-28)26-21(23-6-2)25-17-22(11-7-8-12-22)20(30)27(3)4/h18H,5-17H2,1-4H3,(H,24,29)(H2,23,25,26). The molecule has 2 amide bonds. The number of carbonyl (C=O) groups excluding carboxylic acids is 2. The highest BCUT2D eigenvalue weighted by atomic mass is 16.2. The van der Waals surface area contributed by atoms with Crippen LogP contribution in [0.4, 0.5) is 0 Å². The summed E-state index contributed by atoms with van der Waals surface area (Å²) in [6, 6.07) is 0.335. The van der Waals surface area contributed by atoms with Crippen LogP contribution < -0.4 is 16.0 Å². The van der Waals surface area contributed by atoms with E-state index in [1.165, 1.54) is 0 Å². The highest BCUT2D eigenvalue weighted by molar-refractivity contribution is 5.84. The second kappa shape index (κ2) is 12.1. The molecule has 0 spiro atoms. The Balaban J connectivity index is 1.88. The van der Waals surface area contributed by atoms with Gasteiger partial charge in [-0.1, -0.05) is 19.8 Å². The Morgan fingerprint density at radius 3 is 2.33 bits per heavy atom. The zero-order valence-electron chi connectivity index (χ0n) is 19.4. The molecule has 8 nitrogen and oxygen atoms in total. The van der Waals surface area contributed by atoms with Crippen LogP contribution in [0, 0.1) is 5.41 Å². The van der Waals surface area contributed by atoms with Gasteiger partial charge >= 0.3 is 0 Å². The highest BCUT2D eigenvalue weighted by Gasteiger charge is 2.42. The van der Waals surface area contributed by atoms with E-state index in [1.54, 1.807) is 4.90 Å². The molecule has 30 heavy (non-hydrogen) atoms. The maximum Gasteiger partial charge on any atom is 0.234 e. The molecule has 1 saturated carbocycles. The fourth-order valence-corrected chi connectivity index (χ4v) is 4.47. The topological polar surface area (TPSA) is 89.1 Å². The summed E-state index contributed by atoms with van der Waals surface area (Å²) in [5, 5.41) is 9.85. The van der Waals surface area contributed by atoms with E-state index in [0.717, 1.165) is 77.1 Å². The van der Waals surface area contributed by atoms with Crippen molar-refractivity contribution in [2.45, 2.75) is 64.8 Å². The van der Waals surface area contributed by atoms with E-state index < -0.39 is 0 Å². The Bertz CT molecular complexity index is 578. The van der Waals surface area contributed by atoms with Crippen molar-refractivity contribution >= 4 is 17.8 Å². The first-order valence-corrected chi connectivity index (χ1v) is 11.7. The molecule has 0 unspecified atom stereocenters. The minimum atomic E-state index is -0.346. The van der Waals surface area contributed by atoms with Gasteiger partial charge in [0.05, 0.1) is 18.5 Å². The smallest absolute Gasteiger partial charge is 0.234 e. The third-order valence-corrected chi connectivity index (χ3v) is 6.17. The number of nitrogens with zero attached hydrogens (tertiary/aromatic N) is 3. The Labute approximate surface area is 182 Å². The molecule has 1 aliphatic carbocycles. The van der Waals surface area contributed by atoms with Gasteiger partial charge in [0.25, 0.3) is 0 Å². The lowest BCUT2D eigenvalue weighted by atomic mass is 9.85. The number of likely N-dealkylation sites (tertiary alicyclic amines) is 1. The lowest BCUT2D eigenvalue weighted by Crippen LogP contribution is -2.50. The van der Waals surface area contributed by atoms with E-state index in [4.69, 9.17) is 4.99 Å². The quantitative estimate of drug-likeness (QED) is 0.384. The number of piperidine rings is 1. The molecule has 172 valence electrons. The van der Waals surface area contributed by atoms with Gasteiger partial charge in [-0.05, 0) is 39.0 Å².